The lowest BCUT2D eigenvalue weighted by Crippen LogP contribution is -2.74. The highest BCUT2D eigenvalue weighted by molar-refractivity contribution is 8.05. The first kappa shape index (κ1) is 26.0. The number of anilines is 1. The SMILES string of the molecule is NCCSc1nccc(SC2(C(=O)O)CS[C@@H]3[C@H](NC(=O)C(=NO)c4cccc(N)n4)C(=O)N3C2)n1. The molecule has 13 nitrogen and oxygen atoms in total. The van der Waals surface area contributed by atoms with Gasteiger partial charge in [-0.2, -0.15) is 0 Å². The van der Waals surface area contributed by atoms with E-state index in [4.69, 9.17) is 11.5 Å². The van der Waals surface area contributed by atoms with Crippen LogP contribution in [-0.4, -0.2) is 94.4 Å². The van der Waals surface area contributed by atoms with E-state index in [0.717, 1.165) is 11.8 Å². The van der Waals surface area contributed by atoms with Crippen LogP contribution in [0.3, 0.4) is 0 Å². The standard InChI is InChI=1S/C20H22N8O5S3/c21-5-7-34-19-23-6-4-12(25-19)36-20(18(31)32)8-28-16(30)14(17(28)35-9-20)26-15(29)13(27-33)10-2-1-3-11(22)24-10/h1-4,6,14,17,33H,5,7-9,21H2,(H2,22,24)(H,26,29)(H,31,32)/t14-,17-,20?/m1/s1. The topological polar surface area (TPSA) is 210 Å². The molecule has 2 fully saturated rings. The van der Waals surface area contributed by atoms with E-state index in [0.29, 0.717) is 22.5 Å². The van der Waals surface area contributed by atoms with Crippen LogP contribution in [-0.2, 0) is 14.4 Å². The molecule has 7 N–H and O–H groups in total. The number of thioether (sulfide) groups is 3. The highest BCUT2D eigenvalue weighted by atomic mass is 32.2. The third-order valence-electron chi connectivity index (χ3n) is 5.32. The maximum absolute atomic E-state index is 12.9. The average molecular weight is 551 g/mol. The van der Waals surface area contributed by atoms with E-state index in [1.54, 1.807) is 18.3 Å². The lowest BCUT2D eigenvalue weighted by Gasteiger charge is -2.53. The molecule has 2 saturated heterocycles. The number of fused-ring (bicyclic) bond motifs is 1. The van der Waals surface area contributed by atoms with Gasteiger partial charge in [0, 0.05) is 30.8 Å². The summed E-state index contributed by atoms with van der Waals surface area (Å²) >= 11 is 3.67. The number of carbonyl (C=O) groups excluding carboxylic acids is 2. The summed E-state index contributed by atoms with van der Waals surface area (Å²) in [6.45, 7) is 0.391. The number of nitrogens with two attached hydrogens (primary N) is 2. The Bertz CT molecular complexity index is 1220. The van der Waals surface area contributed by atoms with Crippen molar-refractivity contribution in [3.63, 3.8) is 0 Å². The maximum atomic E-state index is 12.9. The molecule has 190 valence electrons. The van der Waals surface area contributed by atoms with Gasteiger partial charge in [0.1, 0.15) is 32.7 Å². The van der Waals surface area contributed by atoms with Crippen LogP contribution in [0.25, 0.3) is 0 Å². The van der Waals surface area contributed by atoms with Crippen molar-refractivity contribution in [2.75, 3.05) is 30.3 Å². The molecule has 2 aromatic heterocycles. The summed E-state index contributed by atoms with van der Waals surface area (Å²) in [7, 11) is 0. The van der Waals surface area contributed by atoms with Crippen molar-refractivity contribution in [1.82, 2.24) is 25.2 Å². The van der Waals surface area contributed by atoms with Crippen molar-refractivity contribution in [3.8, 4) is 0 Å². The van der Waals surface area contributed by atoms with Gasteiger partial charge in [-0.3, -0.25) is 14.4 Å². The number of carboxylic acid groups (broad SMARTS) is 1. The molecule has 0 aliphatic carbocycles. The third-order valence-corrected chi connectivity index (χ3v) is 9.20. The normalized spacial score (nSPS) is 23.5. The largest absolute Gasteiger partial charge is 0.480 e. The van der Waals surface area contributed by atoms with E-state index in [1.165, 1.54) is 40.6 Å². The zero-order valence-electron chi connectivity index (χ0n) is 18.6. The molecule has 0 aromatic carbocycles. The zero-order valence-corrected chi connectivity index (χ0v) is 21.1. The van der Waals surface area contributed by atoms with Crippen molar-refractivity contribution >= 4 is 64.6 Å². The number of nitrogens with one attached hydrogen (secondary N) is 1. The van der Waals surface area contributed by atoms with Crippen LogP contribution in [0, 0.1) is 0 Å². The van der Waals surface area contributed by atoms with Crippen molar-refractivity contribution in [3.05, 3.63) is 36.2 Å². The van der Waals surface area contributed by atoms with Gasteiger partial charge in [-0.15, -0.1) is 11.8 Å². The molecule has 0 radical (unpaired) electrons. The Balaban J connectivity index is 1.44. The van der Waals surface area contributed by atoms with Crippen LogP contribution >= 0.6 is 35.3 Å². The van der Waals surface area contributed by atoms with Gasteiger partial charge in [-0.05, 0) is 18.2 Å². The van der Waals surface area contributed by atoms with Crippen LogP contribution in [0.2, 0.25) is 0 Å². The predicted octanol–water partition coefficient (Wildman–Crippen LogP) is -0.301. The Hall–Kier alpha value is -3.08. The molecule has 1 unspecified atom stereocenters. The predicted molar refractivity (Wildman–Crippen MR) is 135 cm³/mol. The number of nitrogen functional groups attached to an aromatic ring is 1. The van der Waals surface area contributed by atoms with Crippen molar-refractivity contribution in [2.45, 2.75) is 26.3 Å². The number of carbonyl (C=O) groups is 3. The summed E-state index contributed by atoms with van der Waals surface area (Å²) in [4.78, 5) is 51.9. The van der Waals surface area contributed by atoms with Gasteiger partial charge in [-0.25, -0.2) is 15.0 Å². The zero-order chi connectivity index (χ0) is 25.9. The number of pyridine rings is 1. The lowest BCUT2D eigenvalue weighted by atomic mass is 10.0. The van der Waals surface area contributed by atoms with Crippen molar-refractivity contribution in [1.29, 1.82) is 0 Å². The van der Waals surface area contributed by atoms with E-state index in [2.05, 4.69) is 25.4 Å². The molecule has 36 heavy (non-hydrogen) atoms. The number of hydrogen-bond acceptors (Lipinski definition) is 13. The summed E-state index contributed by atoms with van der Waals surface area (Å²) in [5, 5.41) is 25.5. The maximum Gasteiger partial charge on any atom is 0.322 e. The van der Waals surface area contributed by atoms with E-state index < -0.39 is 39.7 Å². The van der Waals surface area contributed by atoms with E-state index >= 15 is 0 Å². The van der Waals surface area contributed by atoms with Crippen LogP contribution in [0.4, 0.5) is 5.82 Å². The molecule has 4 heterocycles. The second-order valence-electron chi connectivity index (χ2n) is 7.73. The lowest BCUT2D eigenvalue weighted by molar-refractivity contribution is -0.151. The van der Waals surface area contributed by atoms with Gasteiger partial charge in [0.2, 0.25) is 5.91 Å². The minimum Gasteiger partial charge on any atom is -0.480 e. The first-order chi connectivity index (χ1) is 17.3. The molecule has 0 spiro atoms. The minimum absolute atomic E-state index is 0.0464. The fraction of sp³-hybridized carbons (Fsp3) is 0.350. The van der Waals surface area contributed by atoms with Gasteiger partial charge >= 0.3 is 5.97 Å². The summed E-state index contributed by atoms with van der Waals surface area (Å²) in [5.74, 6) is -1.39. The van der Waals surface area contributed by atoms with E-state index in [-0.39, 0.29) is 23.8 Å². The highest BCUT2D eigenvalue weighted by Gasteiger charge is 2.58. The summed E-state index contributed by atoms with van der Waals surface area (Å²) in [6, 6.07) is 5.22. The Labute approximate surface area is 217 Å². The fourth-order valence-electron chi connectivity index (χ4n) is 3.59. The summed E-state index contributed by atoms with van der Waals surface area (Å²) in [5.41, 5.74) is 10.8. The third kappa shape index (κ3) is 5.21. The molecule has 0 saturated carbocycles. The second-order valence-corrected chi connectivity index (χ2v) is 11.3. The van der Waals surface area contributed by atoms with Gasteiger partial charge in [0.15, 0.2) is 10.9 Å². The number of β-lactam (4-membered cyclic amide) rings is 1. The van der Waals surface area contributed by atoms with Crippen LogP contribution < -0.4 is 16.8 Å². The number of rotatable bonds is 9. The Morgan fingerprint density at radius 1 is 1.33 bits per heavy atom. The smallest absolute Gasteiger partial charge is 0.322 e. The number of aliphatic carboxylic acids is 1. The molecule has 2 aromatic rings. The molecule has 4 rings (SSSR count). The molecular formula is C20H22N8O5S3. The van der Waals surface area contributed by atoms with E-state index in [1.807, 2.05) is 0 Å². The monoisotopic (exact) mass is 550 g/mol. The average Bonchev–Trinajstić information content (AvgIpc) is 2.86. The van der Waals surface area contributed by atoms with Gasteiger partial charge in [0.25, 0.3) is 5.91 Å². The highest BCUT2D eigenvalue weighted by Crippen LogP contribution is 2.46. The molecule has 2 amide bonds. The molecular weight excluding hydrogens is 528 g/mol. The number of hydrogen-bond donors (Lipinski definition) is 5. The number of carboxylic acids is 1. The minimum atomic E-state index is -1.33. The van der Waals surface area contributed by atoms with Gasteiger partial charge in [-0.1, -0.05) is 34.7 Å². The summed E-state index contributed by atoms with van der Waals surface area (Å²) in [6.07, 6.45) is 1.55. The first-order valence-electron chi connectivity index (χ1n) is 10.5. The van der Waals surface area contributed by atoms with Crippen molar-refractivity contribution < 1.29 is 24.7 Å². The first-order valence-corrected chi connectivity index (χ1v) is 13.4. The van der Waals surface area contributed by atoms with Crippen LogP contribution in [0.15, 0.2) is 45.8 Å². The number of oxime groups is 1. The Morgan fingerprint density at radius 3 is 2.83 bits per heavy atom. The Kier molecular flexibility index (Phi) is 7.87. The molecule has 2 aliphatic heterocycles. The quantitative estimate of drug-likeness (QED) is 0.0517. The van der Waals surface area contributed by atoms with Gasteiger partial charge < -0.3 is 32.0 Å². The summed E-state index contributed by atoms with van der Waals surface area (Å²) < 4.78 is -1.33. The van der Waals surface area contributed by atoms with Crippen molar-refractivity contribution in [2.24, 2.45) is 10.9 Å². The Morgan fingerprint density at radius 2 is 2.14 bits per heavy atom. The number of amides is 2. The van der Waals surface area contributed by atoms with Crippen LogP contribution in [0.1, 0.15) is 5.69 Å². The van der Waals surface area contributed by atoms with Crippen LogP contribution in [0.5, 0.6) is 0 Å². The number of nitrogens with zero attached hydrogens (tertiary/aromatic N) is 5. The molecule has 0 bridgehead atoms. The second kappa shape index (κ2) is 10.9. The molecule has 2 aliphatic rings. The molecule has 3 atom stereocenters. The fourth-order valence-corrected chi connectivity index (χ4v) is 7.03. The number of aromatic nitrogens is 3. The van der Waals surface area contributed by atoms with Gasteiger partial charge in [0.05, 0.1) is 0 Å². The van der Waals surface area contributed by atoms with E-state index in [9.17, 15) is 24.7 Å². The molecule has 16 heteroatoms.